The van der Waals surface area contributed by atoms with E-state index >= 15 is 0 Å². The summed E-state index contributed by atoms with van der Waals surface area (Å²) in [5.41, 5.74) is 0.324. The van der Waals surface area contributed by atoms with Crippen LogP contribution in [0.15, 0.2) is 65.7 Å². The van der Waals surface area contributed by atoms with Gasteiger partial charge in [0, 0.05) is 6.21 Å². The van der Waals surface area contributed by atoms with Crippen LogP contribution in [0.4, 0.5) is 0 Å². The van der Waals surface area contributed by atoms with Crippen molar-refractivity contribution < 1.29 is 9.90 Å². The summed E-state index contributed by atoms with van der Waals surface area (Å²) in [6.07, 6.45) is 5.15. The molecule has 0 fully saturated rings. The standard InChI is InChI=1S/C18H13Cl2NO2/c19-14-8-7-13(11-15(14)20)18(9-4-10-21-18)16(17(22)23)12-5-2-1-3-6-12/h1-11,16H,(H,22,23). The van der Waals surface area contributed by atoms with Gasteiger partial charge in [0.1, 0.15) is 11.5 Å². The molecule has 2 atom stereocenters. The number of carboxylic acid groups (broad SMARTS) is 1. The molecule has 5 heteroatoms. The van der Waals surface area contributed by atoms with Gasteiger partial charge in [-0.2, -0.15) is 0 Å². The van der Waals surface area contributed by atoms with Gasteiger partial charge in [0.25, 0.3) is 0 Å². The number of hydrogen-bond donors (Lipinski definition) is 1. The summed E-state index contributed by atoms with van der Waals surface area (Å²) in [5, 5.41) is 10.7. The van der Waals surface area contributed by atoms with Crippen LogP contribution < -0.4 is 0 Å². The Hall–Kier alpha value is -2.10. The van der Waals surface area contributed by atoms with E-state index in [0.29, 0.717) is 21.2 Å². The fourth-order valence-electron chi connectivity index (χ4n) is 2.88. The van der Waals surface area contributed by atoms with Gasteiger partial charge in [-0.3, -0.25) is 9.79 Å². The second kappa shape index (κ2) is 6.19. The maximum Gasteiger partial charge on any atom is 0.314 e. The smallest absolute Gasteiger partial charge is 0.314 e. The maximum absolute atomic E-state index is 12.1. The summed E-state index contributed by atoms with van der Waals surface area (Å²) in [6.45, 7) is 0. The van der Waals surface area contributed by atoms with Crippen LogP contribution in [-0.2, 0) is 10.3 Å². The number of hydrogen-bond acceptors (Lipinski definition) is 2. The van der Waals surface area contributed by atoms with Crippen LogP contribution in [0.25, 0.3) is 0 Å². The van der Waals surface area contributed by atoms with Gasteiger partial charge in [-0.15, -0.1) is 0 Å². The number of carbonyl (C=O) groups is 1. The number of rotatable bonds is 4. The Balaban J connectivity index is 2.20. The van der Waals surface area contributed by atoms with Gasteiger partial charge in [-0.1, -0.05) is 59.6 Å². The molecule has 1 heterocycles. The maximum atomic E-state index is 12.1. The van der Waals surface area contributed by atoms with Gasteiger partial charge in [-0.25, -0.2) is 0 Å². The van der Waals surface area contributed by atoms with Crippen molar-refractivity contribution in [2.45, 2.75) is 11.5 Å². The van der Waals surface area contributed by atoms with Crippen molar-refractivity contribution in [3.8, 4) is 0 Å². The van der Waals surface area contributed by atoms with Gasteiger partial charge in [-0.05, 0) is 35.4 Å². The summed E-state index contributed by atoms with van der Waals surface area (Å²) >= 11 is 12.1. The van der Waals surface area contributed by atoms with Crippen LogP contribution in [0.3, 0.4) is 0 Å². The first-order valence-corrected chi connectivity index (χ1v) is 7.76. The highest BCUT2D eigenvalue weighted by molar-refractivity contribution is 6.42. The van der Waals surface area contributed by atoms with E-state index in [4.69, 9.17) is 23.2 Å². The molecule has 2 unspecified atom stereocenters. The Kier molecular flexibility index (Phi) is 4.24. The summed E-state index contributed by atoms with van der Waals surface area (Å²) in [6, 6.07) is 14.2. The third-order valence-electron chi connectivity index (χ3n) is 3.93. The molecule has 0 spiro atoms. The fraction of sp³-hybridized carbons (Fsp3) is 0.111. The minimum Gasteiger partial charge on any atom is -0.481 e. The Morgan fingerprint density at radius 1 is 1.09 bits per heavy atom. The number of allylic oxidation sites excluding steroid dienone is 1. The highest BCUT2D eigenvalue weighted by Gasteiger charge is 2.44. The first kappa shape index (κ1) is 15.8. The molecule has 3 rings (SSSR count). The van der Waals surface area contributed by atoms with Crippen molar-refractivity contribution in [1.82, 2.24) is 0 Å². The summed E-state index contributed by atoms with van der Waals surface area (Å²) < 4.78 is 0. The lowest BCUT2D eigenvalue weighted by Gasteiger charge is -2.32. The topological polar surface area (TPSA) is 49.7 Å². The van der Waals surface area contributed by atoms with E-state index in [9.17, 15) is 9.90 Å². The van der Waals surface area contributed by atoms with Crippen LogP contribution in [0.1, 0.15) is 17.0 Å². The van der Waals surface area contributed by atoms with Crippen molar-refractivity contribution in [2.24, 2.45) is 4.99 Å². The minimum absolute atomic E-state index is 0.372. The van der Waals surface area contributed by atoms with Crippen LogP contribution in [0, 0.1) is 0 Å². The third kappa shape index (κ3) is 2.78. The highest BCUT2D eigenvalue weighted by atomic mass is 35.5. The lowest BCUT2D eigenvalue weighted by molar-refractivity contribution is -0.140. The number of carboxylic acids is 1. The van der Waals surface area contributed by atoms with E-state index in [2.05, 4.69) is 4.99 Å². The molecule has 0 radical (unpaired) electrons. The molecule has 3 nitrogen and oxygen atoms in total. The normalized spacial score (nSPS) is 20.6. The Labute approximate surface area is 143 Å². The summed E-state index contributed by atoms with van der Waals surface area (Å²) in [4.78, 5) is 16.5. The van der Waals surface area contributed by atoms with E-state index in [-0.39, 0.29) is 0 Å². The molecule has 2 aromatic carbocycles. The Bertz CT molecular complexity index is 788. The lowest BCUT2D eigenvalue weighted by atomic mass is 9.75. The molecule has 1 aliphatic rings. The molecule has 0 saturated heterocycles. The molecule has 1 N–H and O–H groups in total. The number of aliphatic carboxylic acids is 1. The van der Waals surface area contributed by atoms with E-state index in [0.717, 1.165) is 0 Å². The molecule has 0 bridgehead atoms. The summed E-state index contributed by atoms with van der Waals surface area (Å²) in [5.74, 6) is -1.82. The third-order valence-corrected chi connectivity index (χ3v) is 4.67. The molecular weight excluding hydrogens is 333 g/mol. The average Bonchev–Trinajstić information content (AvgIpc) is 3.01. The quantitative estimate of drug-likeness (QED) is 0.873. The zero-order valence-electron chi connectivity index (χ0n) is 12.0. The first-order chi connectivity index (χ1) is 11.0. The highest BCUT2D eigenvalue weighted by Crippen LogP contribution is 2.45. The van der Waals surface area contributed by atoms with E-state index < -0.39 is 17.4 Å². The number of benzene rings is 2. The average molecular weight is 346 g/mol. The number of halogens is 2. The summed E-state index contributed by atoms with van der Waals surface area (Å²) in [7, 11) is 0. The predicted molar refractivity (Wildman–Crippen MR) is 92.6 cm³/mol. The Morgan fingerprint density at radius 3 is 2.39 bits per heavy atom. The molecular formula is C18H13Cl2NO2. The Morgan fingerprint density at radius 2 is 1.83 bits per heavy atom. The fourth-order valence-corrected chi connectivity index (χ4v) is 3.18. The van der Waals surface area contributed by atoms with Crippen molar-refractivity contribution in [3.05, 3.63) is 81.9 Å². The molecule has 0 aliphatic carbocycles. The minimum atomic E-state index is -1.04. The lowest BCUT2D eigenvalue weighted by Crippen LogP contribution is -2.34. The molecule has 0 aromatic heterocycles. The molecule has 0 saturated carbocycles. The largest absolute Gasteiger partial charge is 0.481 e. The number of aliphatic imine (C=N–C) groups is 1. The molecule has 0 amide bonds. The second-order valence-electron chi connectivity index (χ2n) is 5.27. The van der Waals surface area contributed by atoms with Gasteiger partial charge in [0.15, 0.2) is 0 Å². The van der Waals surface area contributed by atoms with Crippen molar-refractivity contribution >= 4 is 35.4 Å². The van der Waals surface area contributed by atoms with Crippen molar-refractivity contribution in [1.29, 1.82) is 0 Å². The van der Waals surface area contributed by atoms with Crippen molar-refractivity contribution in [3.63, 3.8) is 0 Å². The van der Waals surface area contributed by atoms with Crippen LogP contribution in [0.2, 0.25) is 10.0 Å². The molecule has 1 aliphatic heterocycles. The van der Waals surface area contributed by atoms with E-state index in [1.54, 1.807) is 48.7 Å². The SMILES string of the molecule is O=C(O)C(c1ccccc1)C1(c2ccc(Cl)c(Cl)c2)C=CC=N1. The van der Waals surface area contributed by atoms with Crippen LogP contribution in [-0.4, -0.2) is 17.3 Å². The van der Waals surface area contributed by atoms with E-state index in [1.165, 1.54) is 0 Å². The van der Waals surface area contributed by atoms with Gasteiger partial charge < -0.3 is 5.11 Å². The van der Waals surface area contributed by atoms with Crippen LogP contribution >= 0.6 is 23.2 Å². The first-order valence-electron chi connectivity index (χ1n) is 7.01. The number of nitrogens with zero attached hydrogens (tertiary/aromatic N) is 1. The van der Waals surface area contributed by atoms with Crippen molar-refractivity contribution in [2.75, 3.05) is 0 Å². The molecule has 2 aromatic rings. The zero-order chi connectivity index (χ0) is 16.4. The zero-order valence-corrected chi connectivity index (χ0v) is 13.5. The van der Waals surface area contributed by atoms with Gasteiger partial charge >= 0.3 is 5.97 Å². The van der Waals surface area contributed by atoms with Crippen LogP contribution in [0.5, 0.6) is 0 Å². The molecule has 116 valence electrons. The van der Waals surface area contributed by atoms with E-state index in [1.807, 2.05) is 18.2 Å². The van der Waals surface area contributed by atoms with Gasteiger partial charge in [0.2, 0.25) is 0 Å². The second-order valence-corrected chi connectivity index (χ2v) is 6.09. The molecule has 23 heavy (non-hydrogen) atoms. The van der Waals surface area contributed by atoms with Gasteiger partial charge in [0.05, 0.1) is 10.0 Å². The predicted octanol–water partition coefficient (Wildman–Crippen LogP) is 4.70. The monoisotopic (exact) mass is 345 g/mol.